The van der Waals surface area contributed by atoms with Gasteiger partial charge in [-0.15, -0.1) is 0 Å². The Morgan fingerprint density at radius 2 is 1.62 bits per heavy atom. The third kappa shape index (κ3) is 5.97. The lowest BCUT2D eigenvalue weighted by atomic mass is 9.87. The fraction of sp³-hybridized carbons (Fsp3) is 0.923. The van der Waals surface area contributed by atoms with E-state index in [0.29, 0.717) is 0 Å². The van der Waals surface area contributed by atoms with Gasteiger partial charge >= 0.3 is 10.4 Å². The van der Waals surface area contributed by atoms with Crippen molar-refractivity contribution < 1.29 is 58.0 Å². The molecule has 0 aromatic rings. The van der Waals surface area contributed by atoms with Gasteiger partial charge in [-0.1, -0.05) is 0 Å². The lowest BCUT2D eigenvalue weighted by molar-refractivity contribution is -0.133. The van der Waals surface area contributed by atoms with Gasteiger partial charge in [-0.3, -0.25) is 4.55 Å². The van der Waals surface area contributed by atoms with Crippen LogP contribution in [0.25, 0.3) is 0 Å². The zero-order chi connectivity index (χ0) is 20.2. The van der Waals surface area contributed by atoms with Gasteiger partial charge in [-0.2, -0.15) is 8.42 Å². The van der Waals surface area contributed by atoms with Gasteiger partial charge in [0.2, 0.25) is 0 Å². The van der Waals surface area contributed by atoms with E-state index >= 15 is 0 Å². The van der Waals surface area contributed by atoms with Crippen molar-refractivity contribution in [3.63, 3.8) is 0 Å². The molecule has 0 unspecified atom stereocenters. The van der Waals surface area contributed by atoms with Crippen molar-refractivity contribution in [1.29, 1.82) is 0 Å². The molecule has 1 rings (SSSR count). The van der Waals surface area contributed by atoms with E-state index in [-0.39, 0.29) is 12.3 Å². The zero-order valence-corrected chi connectivity index (χ0v) is 14.4. The first-order chi connectivity index (χ1) is 11.9. The summed E-state index contributed by atoms with van der Waals surface area (Å²) >= 11 is 0. The zero-order valence-electron chi connectivity index (χ0n) is 13.6. The molecule has 0 bridgehead atoms. The highest BCUT2D eigenvalue weighted by Crippen LogP contribution is 2.38. The topological polar surface area (TPSA) is 225 Å². The third-order valence-electron chi connectivity index (χ3n) is 4.35. The van der Waals surface area contributed by atoms with E-state index in [1.165, 1.54) is 0 Å². The predicted octanol–water partition coefficient (Wildman–Crippen LogP) is -4.69. The predicted molar refractivity (Wildman–Crippen MR) is 82.6 cm³/mol. The number of rotatable bonds is 10. The van der Waals surface area contributed by atoms with Crippen molar-refractivity contribution in [3.05, 3.63) is 5.92 Å². The number of hydrogen-bond donors (Lipinski definition) is 9. The summed E-state index contributed by atoms with van der Waals surface area (Å²) in [5.41, 5.74) is 0. The van der Waals surface area contributed by atoms with E-state index < -0.39 is 78.7 Å². The minimum Gasteiger partial charge on any atom is -0.394 e. The maximum atomic E-state index is 11.0. The summed E-state index contributed by atoms with van der Waals surface area (Å²) in [7, 11) is -5.19. The molecule has 13 heteroatoms. The number of aliphatic hydroxyl groups is 8. The molecule has 1 fully saturated rings. The molecule has 0 aliphatic heterocycles. The molecular formula is C13H25O12S+. The Kier molecular flexibility index (Phi) is 8.63. The molecule has 1 aliphatic rings. The van der Waals surface area contributed by atoms with Crippen molar-refractivity contribution >= 4 is 10.4 Å². The van der Waals surface area contributed by atoms with Gasteiger partial charge in [0, 0.05) is 0 Å². The second-order valence-electron chi connectivity index (χ2n) is 6.20. The molecule has 12 nitrogen and oxygen atoms in total. The SMILES string of the molecule is O=S(=O)(O)O[C@@H]([C@H](O)[C@@H](O)[C@H](O)CO)[C@H](O)C[C+]1C[C@@H](O)[C@H](O)[C@H]1CO. The van der Waals surface area contributed by atoms with Gasteiger partial charge in [0.1, 0.15) is 61.5 Å². The van der Waals surface area contributed by atoms with Crippen molar-refractivity contribution in [2.24, 2.45) is 5.92 Å². The van der Waals surface area contributed by atoms with Crippen LogP contribution < -0.4 is 0 Å². The van der Waals surface area contributed by atoms with Gasteiger partial charge in [-0.05, 0) is 0 Å². The van der Waals surface area contributed by atoms with E-state index in [1.807, 2.05) is 0 Å². The smallest absolute Gasteiger partial charge is 0.394 e. The summed E-state index contributed by atoms with van der Waals surface area (Å²) in [6.07, 6.45) is -13.4. The maximum absolute atomic E-state index is 11.0. The molecule has 8 atom stereocenters. The second-order valence-corrected chi connectivity index (χ2v) is 7.25. The van der Waals surface area contributed by atoms with Gasteiger partial charge in [0.25, 0.3) is 0 Å². The minimum atomic E-state index is -5.19. The highest BCUT2D eigenvalue weighted by molar-refractivity contribution is 7.80. The minimum absolute atomic E-state index is 0.125. The van der Waals surface area contributed by atoms with Crippen molar-refractivity contribution in [1.82, 2.24) is 0 Å². The van der Waals surface area contributed by atoms with Gasteiger partial charge < -0.3 is 40.9 Å². The van der Waals surface area contributed by atoms with E-state index in [9.17, 15) is 44.2 Å². The molecule has 0 spiro atoms. The molecule has 0 amide bonds. The van der Waals surface area contributed by atoms with E-state index in [1.54, 1.807) is 0 Å². The fourth-order valence-corrected chi connectivity index (χ4v) is 3.45. The van der Waals surface area contributed by atoms with Crippen molar-refractivity contribution in [2.75, 3.05) is 13.2 Å². The summed E-state index contributed by atoms with van der Waals surface area (Å²) in [6, 6.07) is 0. The maximum Gasteiger partial charge on any atom is 0.397 e. The van der Waals surface area contributed by atoms with Crippen LogP contribution in [0.15, 0.2) is 0 Å². The van der Waals surface area contributed by atoms with E-state index in [0.717, 1.165) is 0 Å². The Morgan fingerprint density at radius 1 is 1.04 bits per heavy atom. The Morgan fingerprint density at radius 3 is 2.08 bits per heavy atom. The normalized spacial score (nSPS) is 30.0. The van der Waals surface area contributed by atoms with Crippen LogP contribution >= 0.6 is 0 Å². The Balaban J connectivity index is 2.95. The van der Waals surface area contributed by atoms with Crippen molar-refractivity contribution in [2.45, 2.75) is 55.6 Å². The lowest BCUT2D eigenvalue weighted by Crippen LogP contribution is -2.52. The van der Waals surface area contributed by atoms with Crippen LogP contribution in [-0.2, 0) is 14.6 Å². The molecule has 0 heterocycles. The Hall–Kier alpha value is -0.580. The van der Waals surface area contributed by atoms with E-state index in [4.69, 9.17) is 9.66 Å². The summed E-state index contributed by atoms with van der Waals surface area (Å²) < 4.78 is 34.9. The van der Waals surface area contributed by atoms with Crippen molar-refractivity contribution in [3.8, 4) is 0 Å². The number of aliphatic hydroxyl groups excluding tert-OH is 8. The highest BCUT2D eigenvalue weighted by Gasteiger charge is 2.52. The average molecular weight is 405 g/mol. The molecule has 26 heavy (non-hydrogen) atoms. The largest absolute Gasteiger partial charge is 0.397 e. The number of hydrogen-bond acceptors (Lipinski definition) is 11. The van der Waals surface area contributed by atoms with Gasteiger partial charge in [0.05, 0.1) is 13.2 Å². The highest BCUT2D eigenvalue weighted by atomic mass is 32.3. The quantitative estimate of drug-likeness (QED) is 0.123. The fourth-order valence-electron chi connectivity index (χ4n) is 2.93. The molecule has 0 aromatic heterocycles. The van der Waals surface area contributed by atoms with Crippen LogP contribution in [0.4, 0.5) is 0 Å². The molecule has 154 valence electrons. The molecule has 1 aliphatic carbocycles. The van der Waals surface area contributed by atoms with Crippen LogP contribution in [0, 0.1) is 11.8 Å². The summed E-state index contributed by atoms with van der Waals surface area (Å²) in [6.45, 7) is -1.56. The molecule has 1 saturated carbocycles. The van der Waals surface area contributed by atoms with Crippen LogP contribution in [0.1, 0.15) is 12.8 Å². The summed E-state index contributed by atoms with van der Waals surface area (Å²) in [5.74, 6) is -0.676. The first-order valence-electron chi connectivity index (χ1n) is 7.73. The van der Waals surface area contributed by atoms with Crippen LogP contribution in [0.3, 0.4) is 0 Å². The monoisotopic (exact) mass is 405 g/mol. The van der Waals surface area contributed by atoms with Crippen LogP contribution in [-0.4, -0.2) is 110 Å². The molecule has 0 saturated heterocycles. The van der Waals surface area contributed by atoms with Crippen LogP contribution in [0.2, 0.25) is 0 Å². The Labute approximate surface area is 149 Å². The second kappa shape index (κ2) is 9.57. The molecule has 0 aromatic carbocycles. The van der Waals surface area contributed by atoms with Gasteiger partial charge in [0.15, 0.2) is 5.92 Å². The average Bonchev–Trinajstić information content (AvgIpc) is 2.82. The standard InChI is InChI=1S/C13H24O12S/c14-3-6-5(1-7(16)10(6)19)2-8(17)13(25-26(22,23)24)12(21)11(20)9(18)4-15/h6-21H,1-4H2/p+1/t6-,7+,8+,9+,10+,11-,12+,13+/m0/s1. The van der Waals surface area contributed by atoms with Gasteiger partial charge in [-0.25, -0.2) is 4.18 Å². The molecule has 9 N–H and O–H groups in total. The summed E-state index contributed by atoms with van der Waals surface area (Å²) in [5, 5.41) is 76.6. The summed E-state index contributed by atoms with van der Waals surface area (Å²) in [4.78, 5) is 0. The Bertz CT molecular complexity index is 527. The molecule has 0 radical (unpaired) electrons. The first-order valence-corrected chi connectivity index (χ1v) is 9.09. The third-order valence-corrected chi connectivity index (χ3v) is 4.82. The lowest BCUT2D eigenvalue weighted by Gasteiger charge is -2.30. The van der Waals surface area contributed by atoms with Crippen LogP contribution in [0.5, 0.6) is 0 Å². The van der Waals surface area contributed by atoms with E-state index in [2.05, 4.69) is 4.18 Å². The first kappa shape index (κ1) is 23.5. The molecular weight excluding hydrogens is 380 g/mol.